The minimum absolute atomic E-state index is 0.0583. The summed E-state index contributed by atoms with van der Waals surface area (Å²) in [6, 6.07) is 15.3. The number of amides is 1. The first-order chi connectivity index (χ1) is 13.6. The number of nitrogens with zero attached hydrogens (tertiary/aromatic N) is 2. The number of rotatable bonds is 6. The maximum absolute atomic E-state index is 12.3. The fraction of sp³-hybridized carbons (Fsp3) is 0.200. The van der Waals surface area contributed by atoms with E-state index in [9.17, 15) is 9.59 Å². The third-order valence-corrected chi connectivity index (χ3v) is 5.27. The maximum Gasteiger partial charge on any atom is 0.407 e. The average Bonchev–Trinajstić information content (AvgIpc) is 3.32. The van der Waals surface area contributed by atoms with Crippen molar-refractivity contribution in [3.63, 3.8) is 0 Å². The van der Waals surface area contributed by atoms with Crippen LogP contribution in [-0.4, -0.2) is 33.4 Å². The molecule has 28 heavy (non-hydrogen) atoms. The van der Waals surface area contributed by atoms with E-state index in [-0.39, 0.29) is 18.9 Å². The fourth-order valence-corrected chi connectivity index (χ4v) is 4.02. The molecule has 1 aromatic heterocycles. The van der Waals surface area contributed by atoms with Crippen molar-refractivity contribution in [3.05, 3.63) is 70.7 Å². The second-order valence-corrected chi connectivity index (χ2v) is 7.06. The SMILES string of the molecule is O=C(O)C[C@@H](NC(=O)OCC1c2ccccc2-c2ccccc21)c1csnn1. The van der Waals surface area contributed by atoms with Crippen molar-refractivity contribution in [2.24, 2.45) is 0 Å². The predicted molar refractivity (Wildman–Crippen MR) is 103 cm³/mol. The summed E-state index contributed by atoms with van der Waals surface area (Å²) in [5.41, 5.74) is 4.92. The molecule has 3 aromatic rings. The molecule has 0 aliphatic heterocycles. The first kappa shape index (κ1) is 18.1. The molecule has 8 heteroatoms. The smallest absolute Gasteiger partial charge is 0.407 e. The van der Waals surface area contributed by atoms with E-state index in [4.69, 9.17) is 9.84 Å². The van der Waals surface area contributed by atoms with E-state index in [1.165, 1.54) is 0 Å². The van der Waals surface area contributed by atoms with Gasteiger partial charge in [0.2, 0.25) is 0 Å². The third kappa shape index (κ3) is 3.59. The van der Waals surface area contributed by atoms with Gasteiger partial charge >= 0.3 is 12.1 Å². The summed E-state index contributed by atoms with van der Waals surface area (Å²) < 4.78 is 9.19. The van der Waals surface area contributed by atoms with Crippen LogP contribution in [-0.2, 0) is 9.53 Å². The van der Waals surface area contributed by atoms with E-state index < -0.39 is 18.1 Å². The minimum Gasteiger partial charge on any atom is -0.481 e. The second-order valence-electron chi connectivity index (χ2n) is 6.45. The van der Waals surface area contributed by atoms with Gasteiger partial charge in [-0.05, 0) is 33.8 Å². The number of nitrogens with one attached hydrogen (secondary N) is 1. The number of carbonyl (C=O) groups is 2. The molecule has 1 heterocycles. The predicted octanol–water partition coefficient (Wildman–Crippen LogP) is 3.59. The number of carboxylic acid groups (broad SMARTS) is 1. The van der Waals surface area contributed by atoms with Crippen molar-refractivity contribution >= 4 is 23.6 Å². The number of aromatic nitrogens is 2. The first-order valence-electron chi connectivity index (χ1n) is 8.73. The molecule has 0 saturated carbocycles. The van der Waals surface area contributed by atoms with Crippen molar-refractivity contribution in [2.75, 3.05) is 6.61 Å². The van der Waals surface area contributed by atoms with Crippen LogP contribution < -0.4 is 5.32 Å². The van der Waals surface area contributed by atoms with Gasteiger partial charge in [0.1, 0.15) is 6.61 Å². The Morgan fingerprint density at radius 2 is 1.75 bits per heavy atom. The zero-order chi connectivity index (χ0) is 19.5. The fourth-order valence-electron chi connectivity index (χ4n) is 3.51. The number of alkyl carbamates (subject to hydrolysis) is 1. The Balaban J connectivity index is 1.47. The number of hydrogen-bond acceptors (Lipinski definition) is 6. The number of benzene rings is 2. The van der Waals surface area contributed by atoms with Gasteiger partial charge in [0.15, 0.2) is 0 Å². The summed E-state index contributed by atoms with van der Waals surface area (Å²) in [7, 11) is 0. The number of fused-ring (bicyclic) bond motifs is 3. The Morgan fingerprint density at radius 3 is 2.32 bits per heavy atom. The van der Waals surface area contributed by atoms with Gasteiger partial charge in [-0.15, -0.1) is 5.10 Å². The molecule has 0 bridgehead atoms. The zero-order valence-electron chi connectivity index (χ0n) is 14.7. The minimum atomic E-state index is -1.04. The van der Waals surface area contributed by atoms with Gasteiger partial charge in [0.25, 0.3) is 0 Å². The lowest BCUT2D eigenvalue weighted by atomic mass is 9.98. The number of hydrogen-bond donors (Lipinski definition) is 2. The largest absolute Gasteiger partial charge is 0.481 e. The van der Waals surface area contributed by atoms with Gasteiger partial charge in [-0.25, -0.2) is 4.79 Å². The standard InChI is InChI=1S/C20H17N3O4S/c24-19(25)9-17(18-11-28-23-22-18)21-20(26)27-10-16-14-7-3-1-5-12(14)13-6-2-4-8-15(13)16/h1-8,11,16-17H,9-10H2,(H,21,26)(H,24,25)/t17-/m1/s1. The van der Waals surface area contributed by atoms with Gasteiger partial charge in [-0.1, -0.05) is 53.0 Å². The average molecular weight is 395 g/mol. The lowest BCUT2D eigenvalue weighted by molar-refractivity contribution is -0.137. The van der Waals surface area contributed by atoms with Crippen LogP contribution in [0.2, 0.25) is 0 Å². The molecule has 0 radical (unpaired) electrons. The highest BCUT2D eigenvalue weighted by Crippen LogP contribution is 2.44. The summed E-state index contributed by atoms with van der Waals surface area (Å²) in [6.07, 6.45) is -0.976. The molecule has 1 aliphatic carbocycles. The molecule has 1 amide bonds. The van der Waals surface area contributed by atoms with E-state index in [0.29, 0.717) is 5.69 Å². The highest BCUT2D eigenvalue weighted by atomic mass is 32.1. The lowest BCUT2D eigenvalue weighted by Crippen LogP contribution is -2.32. The Hall–Kier alpha value is -3.26. The Bertz CT molecular complexity index is 961. The topological polar surface area (TPSA) is 101 Å². The summed E-state index contributed by atoms with van der Waals surface area (Å²) in [5, 5.41) is 17.1. The van der Waals surface area contributed by atoms with Crippen LogP contribution in [0, 0.1) is 0 Å². The molecule has 1 aliphatic rings. The van der Waals surface area contributed by atoms with Gasteiger partial charge < -0.3 is 15.2 Å². The van der Waals surface area contributed by atoms with Gasteiger partial charge in [-0.3, -0.25) is 4.79 Å². The quantitative estimate of drug-likeness (QED) is 0.661. The van der Waals surface area contributed by atoms with E-state index in [0.717, 1.165) is 33.8 Å². The Labute approximate surface area is 165 Å². The lowest BCUT2D eigenvalue weighted by Gasteiger charge is -2.17. The molecule has 4 rings (SSSR count). The normalized spacial score (nSPS) is 13.4. The zero-order valence-corrected chi connectivity index (χ0v) is 15.6. The van der Waals surface area contributed by atoms with E-state index in [2.05, 4.69) is 27.0 Å². The van der Waals surface area contributed by atoms with Crippen LogP contribution >= 0.6 is 11.5 Å². The number of ether oxygens (including phenoxy) is 1. The van der Waals surface area contributed by atoms with Crippen LogP contribution in [0.1, 0.15) is 35.2 Å². The summed E-state index contributed by atoms with van der Waals surface area (Å²) in [5.74, 6) is -1.10. The highest BCUT2D eigenvalue weighted by molar-refractivity contribution is 7.03. The molecular weight excluding hydrogens is 378 g/mol. The van der Waals surface area contributed by atoms with E-state index >= 15 is 0 Å². The van der Waals surface area contributed by atoms with Crippen LogP contribution in [0.15, 0.2) is 53.9 Å². The molecule has 0 fully saturated rings. The molecule has 142 valence electrons. The van der Waals surface area contributed by atoms with Crippen molar-refractivity contribution < 1.29 is 19.4 Å². The molecule has 2 aromatic carbocycles. The van der Waals surface area contributed by atoms with Gasteiger partial charge in [0.05, 0.1) is 18.2 Å². The van der Waals surface area contributed by atoms with Crippen LogP contribution in [0.5, 0.6) is 0 Å². The van der Waals surface area contributed by atoms with Crippen LogP contribution in [0.25, 0.3) is 11.1 Å². The number of carbonyl (C=O) groups excluding carboxylic acids is 1. The molecule has 2 N–H and O–H groups in total. The summed E-state index contributed by atoms with van der Waals surface area (Å²) in [4.78, 5) is 23.4. The van der Waals surface area contributed by atoms with Gasteiger partial charge in [-0.2, -0.15) is 0 Å². The Kier molecular flexibility index (Phi) is 5.03. The molecule has 0 saturated heterocycles. The van der Waals surface area contributed by atoms with Crippen LogP contribution in [0.4, 0.5) is 4.79 Å². The Morgan fingerprint density at radius 1 is 1.11 bits per heavy atom. The maximum atomic E-state index is 12.3. The van der Waals surface area contributed by atoms with Crippen LogP contribution in [0.3, 0.4) is 0 Å². The second kappa shape index (κ2) is 7.77. The van der Waals surface area contributed by atoms with E-state index in [1.54, 1.807) is 5.38 Å². The molecule has 7 nitrogen and oxygen atoms in total. The number of aliphatic carboxylic acids is 1. The molecule has 0 unspecified atom stereocenters. The van der Waals surface area contributed by atoms with Crippen molar-refractivity contribution in [3.8, 4) is 11.1 Å². The first-order valence-corrected chi connectivity index (χ1v) is 9.57. The third-order valence-electron chi connectivity index (χ3n) is 4.75. The van der Waals surface area contributed by atoms with Crippen molar-refractivity contribution in [1.29, 1.82) is 0 Å². The van der Waals surface area contributed by atoms with Gasteiger partial charge in [0, 0.05) is 11.3 Å². The van der Waals surface area contributed by atoms with Crippen molar-refractivity contribution in [1.82, 2.24) is 14.9 Å². The molecular formula is C20H17N3O4S. The monoisotopic (exact) mass is 395 g/mol. The number of carboxylic acids is 1. The summed E-state index contributed by atoms with van der Waals surface area (Å²) in [6.45, 7) is 0.162. The summed E-state index contributed by atoms with van der Waals surface area (Å²) >= 11 is 1.09. The molecule has 0 spiro atoms. The molecule has 1 atom stereocenters. The van der Waals surface area contributed by atoms with Crippen molar-refractivity contribution in [2.45, 2.75) is 18.4 Å². The van der Waals surface area contributed by atoms with E-state index in [1.807, 2.05) is 36.4 Å². The highest BCUT2D eigenvalue weighted by Gasteiger charge is 2.29.